The lowest BCUT2D eigenvalue weighted by Gasteiger charge is -2.39. The van der Waals surface area contributed by atoms with Crippen LogP contribution in [0.25, 0.3) is 11.1 Å². The van der Waals surface area contributed by atoms with E-state index >= 15 is 0 Å². The average molecular weight is 348 g/mol. The molecule has 0 bridgehead atoms. The molecule has 2 aliphatic heterocycles. The highest BCUT2D eigenvalue weighted by Gasteiger charge is 2.39. The first-order valence-electron chi connectivity index (χ1n) is 9.66. The van der Waals surface area contributed by atoms with Gasteiger partial charge in [0.15, 0.2) is 0 Å². The Kier molecular flexibility index (Phi) is 3.66. The number of nitrogens with zero attached hydrogens (tertiary/aromatic N) is 2. The number of carbonyl (C=O) groups is 1. The third kappa shape index (κ3) is 2.47. The van der Waals surface area contributed by atoms with Crippen LogP contribution in [-0.4, -0.2) is 35.7 Å². The summed E-state index contributed by atoms with van der Waals surface area (Å²) >= 11 is 0. The molecule has 1 fully saturated rings. The van der Waals surface area contributed by atoms with Crippen LogP contribution in [0.3, 0.4) is 0 Å². The van der Waals surface area contributed by atoms with Gasteiger partial charge in [-0.2, -0.15) is 0 Å². The van der Waals surface area contributed by atoms with Crippen LogP contribution in [0.2, 0.25) is 0 Å². The van der Waals surface area contributed by atoms with Crippen molar-refractivity contribution in [1.29, 1.82) is 0 Å². The Hall–Kier alpha value is -2.49. The van der Waals surface area contributed by atoms with Gasteiger partial charge in [-0.25, -0.2) is 4.79 Å². The van der Waals surface area contributed by atoms with Gasteiger partial charge in [0.1, 0.15) is 0 Å². The topological polar surface area (TPSA) is 43.8 Å². The second-order valence-corrected chi connectivity index (χ2v) is 7.89. The summed E-state index contributed by atoms with van der Waals surface area (Å²) in [5.41, 5.74) is 6.40. The molecular weight excluding hydrogens is 324 g/mol. The SMILES string of the molecule is O=C(O)N1CCN2CC3CCCC3c3cc(-c4ccccc4)cc(c32)C1. The fourth-order valence-corrected chi connectivity index (χ4v) is 5.24. The lowest BCUT2D eigenvalue weighted by atomic mass is 9.81. The molecule has 1 N–H and O–H groups in total. The van der Waals surface area contributed by atoms with Crippen molar-refractivity contribution in [3.05, 3.63) is 53.6 Å². The molecule has 3 aliphatic rings. The molecule has 0 radical (unpaired) electrons. The lowest BCUT2D eigenvalue weighted by molar-refractivity contribution is 0.144. The van der Waals surface area contributed by atoms with Gasteiger partial charge in [-0.1, -0.05) is 36.8 Å². The van der Waals surface area contributed by atoms with E-state index in [1.807, 2.05) is 6.07 Å². The van der Waals surface area contributed by atoms with Crippen LogP contribution < -0.4 is 4.90 Å². The lowest BCUT2D eigenvalue weighted by Crippen LogP contribution is -2.39. The van der Waals surface area contributed by atoms with Crippen LogP contribution in [0.1, 0.15) is 36.3 Å². The Morgan fingerprint density at radius 1 is 1.04 bits per heavy atom. The zero-order chi connectivity index (χ0) is 17.7. The number of carboxylic acid groups (broad SMARTS) is 1. The molecule has 5 rings (SSSR count). The van der Waals surface area contributed by atoms with E-state index in [1.165, 1.54) is 47.2 Å². The summed E-state index contributed by atoms with van der Waals surface area (Å²) in [6.45, 7) is 2.97. The van der Waals surface area contributed by atoms with Crippen LogP contribution in [0, 0.1) is 5.92 Å². The highest BCUT2D eigenvalue weighted by atomic mass is 16.4. The Bertz CT molecular complexity index is 849. The zero-order valence-electron chi connectivity index (χ0n) is 14.9. The summed E-state index contributed by atoms with van der Waals surface area (Å²) in [7, 11) is 0. The van der Waals surface area contributed by atoms with Crippen molar-refractivity contribution in [3.63, 3.8) is 0 Å². The Balaban J connectivity index is 1.69. The fraction of sp³-hybridized carbons (Fsp3) is 0.409. The number of benzene rings is 2. The summed E-state index contributed by atoms with van der Waals surface area (Å²) in [4.78, 5) is 15.7. The van der Waals surface area contributed by atoms with Gasteiger partial charge in [-0.3, -0.25) is 0 Å². The monoisotopic (exact) mass is 348 g/mol. The highest BCUT2D eigenvalue weighted by molar-refractivity contribution is 5.75. The first-order chi connectivity index (χ1) is 12.7. The number of rotatable bonds is 1. The van der Waals surface area contributed by atoms with Gasteiger partial charge in [0, 0.05) is 25.3 Å². The van der Waals surface area contributed by atoms with E-state index in [9.17, 15) is 9.90 Å². The zero-order valence-corrected chi connectivity index (χ0v) is 14.9. The van der Waals surface area contributed by atoms with Crippen LogP contribution in [0.4, 0.5) is 10.5 Å². The number of anilines is 1. The smallest absolute Gasteiger partial charge is 0.407 e. The standard InChI is InChI=1S/C22H24N2O2/c25-22(26)24-10-9-23-13-16-7-4-8-19(16)20-12-17(11-18(14-24)21(20)23)15-5-2-1-3-6-15/h1-3,5-6,11-12,16,19H,4,7-10,13-14H2,(H,25,26). The van der Waals surface area contributed by atoms with E-state index in [2.05, 4.69) is 41.3 Å². The molecule has 4 nitrogen and oxygen atoms in total. The van der Waals surface area contributed by atoms with Crippen molar-refractivity contribution in [1.82, 2.24) is 4.90 Å². The third-order valence-corrected chi connectivity index (χ3v) is 6.43. The minimum atomic E-state index is -0.816. The number of hydrogen-bond acceptors (Lipinski definition) is 2. The summed E-state index contributed by atoms with van der Waals surface area (Å²) in [5.74, 6) is 1.36. The summed E-state index contributed by atoms with van der Waals surface area (Å²) in [6.07, 6.45) is 3.07. The predicted octanol–water partition coefficient (Wildman–Crippen LogP) is 4.55. The van der Waals surface area contributed by atoms with Gasteiger partial charge in [-0.15, -0.1) is 0 Å². The minimum Gasteiger partial charge on any atom is -0.465 e. The quantitative estimate of drug-likeness (QED) is 0.822. The second kappa shape index (κ2) is 6.04. The molecule has 2 atom stereocenters. The molecule has 1 amide bonds. The second-order valence-electron chi connectivity index (χ2n) is 7.89. The number of fused-ring (bicyclic) bond motifs is 2. The maximum atomic E-state index is 11.7. The normalized spacial score (nSPS) is 24.0. The van der Waals surface area contributed by atoms with Crippen molar-refractivity contribution < 1.29 is 9.90 Å². The summed E-state index contributed by atoms with van der Waals surface area (Å²) in [5, 5.41) is 9.59. The molecule has 0 saturated heterocycles. The third-order valence-electron chi connectivity index (χ3n) is 6.43. The van der Waals surface area contributed by atoms with Crippen LogP contribution >= 0.6 is 0 Å². The minimum absolute atomic E-state index is 0.492. The van der Waals surface area contributed by atoms with E-state index in [-0.39, 0.29) is 0 Å². The van der Waals surface area contributed by atoms with Crippen LogP contribution in [0.15, 0.2) is 42.5 Å². The highest BCUT2D eigenvalue weighted by Crippen LogP contribution is 2.50. The number of amides is 1. The molecule has 1 aliphatic carbocycles. The summed E-state index contributed by atoms with van der Waals surface area (Å²) < 4.78 is 0. The molecular formula is C22H24N2O2. The fourth-order valence-electron chi connectivity index (χ4n) is 5.24. The predicted molar refractivity (Wildman–Crippen MR) is 103 cm³/mol. The van der Waals surface area contributed by atoms with E-state index in [0.717, 1.165) is 19.0 Å². The van der Waals surface area contributed by atoms with Gasteiger partial charge in [-0.05, 0) is 59.1 Å². The van der Waals surface area contributed by atoms with Crippen molar-refractivity contribution in [2.75, 3.05) is 24.5 Å². The first-order valence-corrected chi connectivity index (χ1v) is 9.66. The molecule has 2 unspecified atom stereocenters. The van der Waals surface area contributed by atoms with E-state index in [0.29, 0.717) is 19.0 Å². The maximum Gasteiger partial charge on any atom is 0.407 e. The van der Waals surface area contributed by atoms with E-state index in [4.69, 9.17) is 0 Å². The van der Waals surface area contributed by atoms with Crippen LogP contribution in [0.5, 0.6) is 0 Å². The van der Waals surface area contributed by atoms with Gasteiger partial charge in [0.25, 0.3) is 0 Å². The van der Waals surface area contributed by atoms with Crippen molar-refractivity contribution in [2.24, 2.45) is 5.92 Å². The molecule has 2 heterocycles. The molecule has 0 aromatic heterocycles. The van der Waals surface area contributed by atoms with E-state index in [1.54, 1.807) is 4.90 Å². The molecule has 1 saturated carbocycles. The number of hydrogen-bond donors (Lipinski definition) is 1. The first kappa shape index (κ1) is 15.7. The molecule has 0 spiro atoms. The Morgan fingerprint density at radius 2 is 1.88 bits per heavy atom. The van der Waals surface area contributed by atoms with Crippen molar-refractivity contribution in [3.8, 4) is 11.1 Å². The summed E-state index contributed by atoms with van der Waals surface area (Å²) in [6, 6.07) is 15.1. The van der Waals surface area contributed by atoms with Gasteiger partial charge >= 0.3 is 6.09 Å². The van der Waals surface area contributed by atoms with Crippen LogP contribution in [-0.2, 0) is 6.54 Å². The Labute approximate surface area is 154 Å². The van der Waals surface area contributed by atoms with Crippen molar-refractivity contribution >= 4 is 11.8 Å². The maximum absolute atomic E-state index is 11.7. The average Bonchev–Trinajstić information content (AvgIpc) is 3.05. The van der Waals surface area contributed by atoms with Gasteiger partial charge in [0.2, 0.25) is 0 Å². The van der Waals surface area contributed by atoms with Gasteiger partial charge < -0.3 is 14.9 Å². The largest absolute Gasteiger partial charge is 0.465 e. The van der Waals surface area contributed by atoms with E-state index < -0.39 is 6.09 Å². The van der Waals surface area contributed by atoms with Crippen molar-refractivity contribution in [2.45, 2.75) is 31.7 Å². The molecule has 26 heavy (non-hydrogen) atoms. The Morgan fingerprint density at radius 3 is 2.69 bits per heavy atom. The molecule has 2 aromatic carbocycles. The molecule has 4 heteroatoms. The van der Waals surface area contributed by atoms with Gasteiger partial charge in [0.05, 0.1) is 6.54 Å². The molecule has 134 valence electrons. The molecule has 2 aromatic rings.